The molecule has 0 aliphatic rings. The zero-order valence-corrected chi connectivity index (χ0v) is 12.4. The van der Waals surface area contributed by atoms with E-state index in [-0.39, 0.29) is 0 Å². The van der Waals surface area contributed by atoms with E-state index in [1.165, 1.54) is 0 Å². The predicted octanol–water partition coefficient (Wildman–Crippen LogP) is 4.96. The second kappa shape index (κ2) is 5.15. The molecule has 0 fully saturated rings. The Hall–Kier alpha value is -1.65. The number of benzene rings is 2. The number of hydrogen-bond acceptors (Lipinski definition) is 1. The first kappa shape index (κ1) is 12.4. The fraction of sp³-hybridized carbons (Fsp3) is 0. The zero-order chi connectivity index (χ0) is 13.2. The highest BCUT2D eigenvalue weighted by molar-refractivity contribution is 9.10. The molecule has 0 bridgehead atoms. The van der Waals surface area contributed by atoms with Crippen molar-refractivity contribution in [2.75, 3.05) is 0 Å². The van der Waals surface area contributed by atoms with E-state index >= 15 is 0 Å². The summed E-state index contributed by atoms with van der Waals surface area (Å²) >= 11 is 8.89. The summed E-state index contributed by atoms with van der Waals surface area (Å²) in [6, 6.07) is 20.2. The van der Waals surface area contributed by atoms with Gasteiger partial charge in [0.05, 0.1) is 11.4 Å². The van der Waals surface area contributed by atoms with Crippen molar-refractivity contribution < 1.29 is 0 Å². The first-order valence-corrected chi connectivity index (χ1v) is 7.07. The molecule has 2 nitrogen and oxygen atoms in total. The molecule has 0 unspecified atom stereocenters. The molecule has 0 radical (unpaired) electrons. The fourth-order valence-corrected chi connectivity index (χ4v) is 2.62. The van der Waals surface area contributed by atoms with Crippen LogP contribution in [0.4, 0.5) is 0 Å². The van der Waals surface area contributed by atoms with Gasteiger partial charge in [0.25, 0.3) is 0 Å². The van der Waals surface area contributed by atoms with Gasteiger partial charge in [-0.25, -0.2) is 4.68 Å². The second-order valence-corrected chi connectivity index (χ2v) is 5.52. The summed E-state index contributed by atoms with van der Waals surface area (Å²) in [6.45, 7) is 0. The summed E-state index contributed by atoms with van der Waals surface area (Å²) in [7, 11) is 0. The van der Waals surface area contributed by atoms with Gasteiger partial charge in [0.1, 0.15) is 4.64 Å². The Labute approximate surface area is 124 Å². The maximum atomic E-state index is 5.41. The van der Waals surface area contributed by atoms with Gasteiger partial charge in [0.2, 0.25) is 0 Å². The second-order valence-electron chi connectivity index (χ2n) is 4.19. The quantitative estimate of drug-likeness (QED) is 0.658. The summed E-state index contributed by atoms with van der Waals surface area (Å²) in [5, 5.41) is 3.33. The Bertz CT molecular complexity index is 759. The van der Waals surface area contributed by atoms with E-state index in [2.05, 4.69) is 33.2 Å². The van der Waals surface area contributed by atoms with Gasteiger partial charge in [-0.05, 0) is 23.8 Å². The molecule has 0 saturated heterocycles. The molecule has 0 spiro atoms. The van der Waals surface area contributed by atoms with Gasteiger partial charge in [-0.3, -0.25) is 5.10 Å². The van der Waals surface area contributed by atoms with Crippen molar-refractivity contribution >= 4 is 28.1 Å². The van der Waals surface area contributed by atoms with E-state index in [1.807, 2.05) is 53.2 Å². The molecule has 0 amide bonds. The minimum absolute atomic E-state index is 0.761. The molecule has 1 N–H and O–H groups in total. The van der Waals surface area contributed by atoms with Crippen LogP contribution in [0.5, 0.6) is 0 Å². The Balaban J connectivity index is 2.10. The molecular formula is C15H11BrN2S. The average Bonchev–Trinajstić information content (AvgIpc) is 2.82. The van der Waals surface area contributed by atoms with Gasteiger partial charge >= 0.3 is 0 Å². The van der Waals surface area contributed by atoms with Crippen molar-refractivity contribution in [3.63, 3.8) is 0 Å². The smallest absolute Gasteiger partial charge is 0.128 e. The van der Waals surface area contributed by atoms with Gasteiger partial charge in [0, 0.05) is 10.5 Å². The molecule has 19 heavy (non-hydrogen) atoms. The van der Waals surface area contributed by atoms with Crippen LogP contribution in [0.15, 0.2) is 65.1 Å². The van der Waals surface area contributed by atoms with E-state index in [0.717, 1.165) is 26.1 Å². The van der Waals surface area contributed by atoms with E-state index in [0.29, 0.717) is 0 Å². The van der Waals surface area contributed by atoms with Gasteiger partial charge in [-0.1, -0.05) is 64.5 Å². The topological polar surface area (TPSA) is 20.7 Å². The summed E-state index contributed by atoms with van der Waals surface area (Å²) < 4.78 is 3.70. The third-order valence-electron chi connectivity index (χ3n) is 2.87. The standard InChI is InChI=1S/C15H11BrN2S/c16-12-7-4-8-13(9-12)18-15(19)10-14(17-18)11-5-2-1-3-6-11/h1-10,17H. The summed E-state index contributed by atoms with van der Waals surface area (Å²) in [4.78, 5) is 0. The lowest BCUT2D eigenvalue weighted by Crippen LogP contribution is -1.96. The zero-order valence-electron chi connectivity index (χ0n) is 10.0. The fourth-order valence-electron chi connectivity index (χ4n) is 1.97. The molecule has 0 atom stereocenters. The highest BCUT2D eigenvalue weighted by Gasteiger charge is 2.04. The Morgan fingerprint density at radius 2 is 1.74 bits per heavy atom. The number of H-pyrrole nitrogens is 1. The number of nitrogens with zero attached hydrogens (tertiary/aromatic N) is 1. The van der Waals surface area contributed by atoms with Crippen LogP contribution in [0, 0.1) is 4.64 Å². The van der Waals surface area contributed by atoms with E-state index in [1.54, 1.807) is 0 Å². The third-order valence-corrected chi connectivity index (χ3v) is 3.67. The van der Waals surface area contributed by atoms with Crippen molar-refractivity contribution in [1.82, 2.24) is 9.78 Å². The van der Waals surface area contributed by atoms with Crippen LogP contribution in [0.2, 0.25) is 0 Å². The molecule has 0 aliphatic carbocycles. The van der Waals surface area contributed by atoms with Crippen molar-refractivity contribution in [2.24, 2.45) is 0 Å². The molecule has 1 heterocycles. The van der Waals surface area contributed by atoms with Gasteiger partial charge in [-0.15, -0.1) is 0 Å². The van der Waals surface area contributed by atoms with Crippen LogP contribution in [-0.4, -0.2) is 9.78 Å². The number of aromatic nitrogens is 2. The maximum absolute atomic E-state index is 5.41. The first-order valence-electron chi connectivity index (χ1n) is 5.87. The molecular weight excluding hydrogens is 320 g/mol. The van der Waals surface area contributed by atoms with Crippen molar-refractivity contribution in [3.05, 3.63) is 69.8 Å². The van der Waals surface area contributed by atoms with Gasteiger partial charge in [0.15, 0.2) is 0 Å². The van der Waals surface area contributed by atoms with Crippen molar-refractivity contribution in [2.45, 2.75) is 0 Å². The number of nitrogens with one attached hydrogen (secondary N) is 1. The van der Waals surface area contributed by atoms with Crippen LogP contribution in [0.25, 0.3) is 16.9 Å². The Morgan fingerprint density at radius 1 is 0.947 bits per heavy atom. The number of aromatic amines is 1. The van der Waals surface area contributed by atoms with E-state index in [9.17, 15) is 0 Å². The van der Waals surface area contributed by atoms with E-state index < -0.39 is 0 Å². The van der Waals surface area contributed by atoms with E-state index in [4.69, 9.17) is 12.2 Å². The highest BCUT2D eigenvalue weighted by Crippen LogP contribution is 2.21. The molecule has 3 aromatic rings. The average molecular weight is 331 g/mol. The molecule has 2 aromatic carbocycles. The van der Waals surface area contributed by atoms with Gasteiger partial charge in [-0.2, -0.15) is 0 Å². The molecule has 4 heteroatoms. The summed E-state index contributed by atoms with van der Waals surface area (Å²) in [6.07, 6.45) is 0. The van der Waals surface area contributed by atoms with Crippen LogP contribution >= 0.6 is 28.1 Å². The molecule has 0 saturated carbocycles. The highest BCUT2D eigenvalue weighted by atomic mass is 79.9. The van der Waals surface area contributed by atoms with Crippen LogP contribution in [0.1, 0.15) is 0 Å². The molecule has 1 aromatic heterocycles. The SMILES string of the molecule is S=c1cc(-c2ccccc2)[nH]n1-c1cccc(Br)c1. The Morgan fingerprint density at radius 3 is 2.47 bits per heavy atom. The van der Waals surface area contributed by atoms with Crippen LogP contribution < -0.4 is 0 Å². The lowest BCUT2D eigenvalue weighted by Gasteiger charge is -2.03. The predicted molar refractivity (Wildman–Crippen MR) is 84.1 cm³/mol. The molecule has 0 aliphatic heterocycles. The minimum Gasteiger partial charge on any atom is -0.292 e. The number of halogens is 1. The monoisotopic (exact) mass is 330 g/mol. The van der Waals surface area contributed by atoms with Crippen molar-refractivity contribution in [1.29, 1.82) is 0 Å². The largest absolute Gasteiger partial charge is 0.292 e. The van der Waals surface area contributed by atoms with Crippen LogP contribution in [-0.2, 0) is 0 Å². The first-order chi connectivity index (χ1) is 9.24. The molecule has 3 rings (SSSR count). The minimum atomic E-state index is 0.761. The normalized spacial score (nSPS) is 10.6. The molecule has 94 valence electrons. The lowest BCUT2D eigenvalue weighted by atomic mass is 10.2. The van der Waals surface area contributed by atoms with Crippen LogP contribution in [0.3, 0.4) is 0 Å². The maximum Gasteiger partial charge on any atom is 0.128 e. The lowest BCUT2D eigenvalue weighted by molar-refractivity contribution is 0.872. The Kier molecular flexibility index (Phi) is 3.36. The summed E-state index contributed by atoms with van der Waals surface area (Å²) in [5.41, 5.74) is 3.16. The summed E-state index contributed by atoms with van der Waals surface area (Å²) in [5.74, 6) is 0. The van der Waals surface area contributed by atoms with Gasteiger partial charge < -0.3 is 0 Å². The number of hydrogen-bond donors (Lipinski definition) is 1. The van der Waals surface area contributed by atoms with Crippen molar-refractivity contribution in [3.8, 4) is 16.9 Å². The number of rotatable bonds is 2. The third kappa shape index (κ3) is 2.55.